The molecule has 1 fully saturated rings. The van der Waals surface area contributed by atoms with Gasteiger partial charge < -0.3 is 4.74 Å². The van der Waals surface area contributed by atoms with E-state index in [1.807, 2.05) is 36.0 Å². The summed E-state index contributed by atoms with van der Waals surface area (Å²) in [5.74, 6) is 2.92. The molecular formula is C16H21N3OS. The van der Waals surface area contributed by atoms with E-state index in [1.54, 1.807) is 6.07 Å². The number of pyridine rings is 1. The summed E-state index contributed by atoms with van der Waals surface area (Å²) in [6.45, 7) is 6.92. The normalized spacial score (nSPS) is 16.9. The van der Waals surface area contributed by atoms with Gasteiger partial charge >= 0.3 is 0 Å². The molecule has 1 aliphatic heterocycles. The largest absolute Gasteiger partial charge is 0.473 e. The number of nitriles is 1. The molecule has 0 N–H and O–H groups in total. The van der Waals surface area contributed by atoms with Gasteiger partial charge in [-0.2, -0.15) is 17.0 Å². The Kier molecular flexibility index (Phi) is 6.58. The molecule has 5 heteroatoms. The van der Waals surface area contributed by atoms with Crippen LogP contribution in [0.5, 0.6) is 5.88 Å². The van der Waals surface area contributed by atoms with Crippen LogP contribution in [-0.2, 0) is 0 Å². The van der Waals surface area contributed by atoms with Crippen LogP contribution in [0.3, 0.4) is 0 Å². The number of hydrogen-bond donors (Lipinski definition) is 0. The Morgan fingerprint density at radius 2 is 2.29 bits per heavy atom. The molecule has 0 bridgehead atoms. The fraction of sp³-hybridized carbons (Fsp3) is 0.500. The molecule has 0 saturated carbocycles. The van der Waals surface area contributed by atoms with E-state index in [-0.39, 0.29) is 6.10 Å². The number of nitrogens with zero attached hydrogens (tertiary/aromatic N) is 3. The van der Waals surface area contributed by atoms with Gasteiger partial charge in [-0.05, 0) is 18.9 Å². The van der Waals surface area contributed by atoms with Gasteiger partial charge in [-0.3, -0.25) is 4.90 Å². The third-order valence-electron chi connectivity index (χ3n) is 3.38. The lowest BCUT2D eigenvalue weighted by atomic mass is 10.2. The summed E-state index contributed by atoms with van der Waals surface area (Å²) in [7, 11) is 0. The van der Waals surface area contributed by atoms with Gasteiger partial charge in [0.1, 0.15) is 17.9 Å². The second-order valence-corrected chi connectivity index (χ2v) is 6.22. The van der Waals surface area contributed by atoms with Crippen LogP contribution < -0.4 is 4.74 Å². The number of rotatable bonds is 7. The zero-order valence-electron chi connectivity index (χ0n) is 12.2. The van der Waals surface area contributed by atoms with E-state index in [0.717, 1.165) is 32.5 Å². The first-order valence-corrected chi connectivity index (χ1v) is 8.42. The zero-order chi connectivity index (χ0) is 14.9. The molecule has 0 unspecified atom stereocenters. The fourth-order valence-corrected chi connectivity index (χ4v) is 3.26. The van der Waals surface area contributed by atoms with Crippen molar-refractivity contribution < 1.29 is 4.74 Å². The Morgan fingerprint density at radius 1 is 1.48 bits per heavy atom. The third-order valence-corrected chi connectivity index (χ3v) is 4.33. The highest BCUT2D eigenvalue weighted by atomic mass is 32.2. The average molecular weight is 303 g/mol. The number of allylic oxidation sites excluding steroid dienone is 1. The molecular weight excluding hydrogens is 282 g/mol. The van der Waals surface area contributed by atoms with E-state index in [9.17, 15) is 0 Å². The minimum atomic E-state index is 0.0903. The van der Waals surface area contributed by atoms with Crippen LogP contribution in [0, 0.1) is 11.3 Å². The Morgan fingerprint density at radius 3 is 3.00 bits per heavy atom. The molecule has 0 spiro atoms. The average Bonchev–Trinajstić information content (AvgIpc) is 2.54. The number of hydrogen-bond acceptors (Lipinski definition) is 5. The van der Waals surface area contributed by atoms with Crippen LogP contribution in [0.4, 0.5) is 0 Å². The van der Waals surface area contributed by atoms with Gasteiger partial charge in [-0.15, -0.1) is 6.58 Å². The summed E-state index contributed by atoms with van der Waals surface area (Å²) >= 11 is 2.01. The van der Waals surface area contributed by atoms with Crippen molar-refractivity contribution in [2.24, 2.45) is 0 Å². The highest BCUT2D eigenvalue weighted by Gasteiger charge is 2.18. The molecule has 1 saturated heterocycles. The first kappa shape index (κ1) is 15.9. The molecule has 112 valence electrons. The molecule has 2 rings (SSSR count). The Labute approximate surface area is 130 Å². The van der Waals surface area contributed by atoms with E-state index in [4.69, 9.17) is 10.00 Å². The quantitative estimate of drug-likeness (QED) is 0.725. The standard InChI is InChI=1S/C16H21N3OS/c1-2-3-6-15(13-19-8-10-21-11-9-19)20-16-7-4-5-14(12-17)18-16/h2,4-5,7,15H,1,3,6,8-11,13H2/t15-/m1/s1. The maximum absolute atomic E-state index is 8.91. The van der Waals surface area contributed by atoms with Crippen molar-refractivity contribution in [3.63, 3.8) is 0 Å². The van der Waals surface area contributed by atoms with Crippen molar-refractivity contribution in [2.75, 3.05) is 31.1 Å². The lowest BCUT2D eigenvalue weighted by Gasteiger charge is -2.30. The molecule has 0 aliphatic carbocycles. The predicted octanol–water partition coefficient (Wildman–Crippen LogP) is 2.72. The second kappa shape index (κ2) is 8.71. The van der Waals surface area contributed by atoms with Crippen molar-refractivity contribution in [2.45, 2.75) is 18.9 Å². The van der Waals surface area contributed by atoms with Crippen molar-refractivity contribution in [1.29, 1.82) is 5.26 Å². The summed E-state index contributed by atoms with van der Waals surface area (Å²) in [4.78, 5) is 6.64. The molecule has 1 aromatic heterocycles. The number of thioether (sulfide) groups is 1. The van der Waals surface area contributed by atoms with Gasteiger partial charge in [0, 0.05) is 37.2 Å². The summed E-state index contributed by atoms with van der Waals surface area (Å²) in [6, 6.07) is 7.35. The molecule has 0 radical (unpaired) electrons. The van der Waals surface area contributed by atoms with E-state index in [2.05, 4.69) is 16.5 Å². The molecule has 1 aromatic rings. The minimum Gasteiger partial charge on any atom is -0.473 e. The van der Waals surface area contributed by atoms with Crippen molar-refractivity contribution >= 4 is 11.8 Å². The maximum atomic E-state index is 8.91. The Balaban J connectivity index is 1.97. The van der Waals surface area contributed by atoms with Gasteiger partial charge in [0.15, 0.2) is 0 Å². The second-order valence-electron chi connectivity index (χ2n) is 4.99. The van der Waals surface area contributed by atoms with Crippen LogP contribution in [0.15, 0.2) is 30.9 Å². The highest BCUT2D eigenvalue weighted by Crippen LogP contribution is 2.16. The molecule has 21 heavy (non-hydrogen) atoms. The topological polar surface area (TPSA) is 49.1 Å². The van der Waals surface area contributed by atoms with Gasteiger partial charge in [-0.25, -0.2) is 4.98 Å². The van der Waals surface area contributed by atoms with Crippen molar-refractivity contribution in [3.8, 4) is 11.9 Å². The first-order valence-electron chi connectivity index (χ1n) is 7.26. The van der Waals surface area contributed by atoms with E-state index in [0.29, 0.717) is 11.6 Å². The molecule has 4 nitrogen and oxygen atoms in total. The van der Waals surface area contributed by atoms with Gasteiger partial charge in [0.2, 0.25) is 5.88 Å². The molecule has 0 aromatic carbocycles. The maximum Gasteiger partial charge on any atom is 0.214 e. The smallest absolute Gasteiger partial charge is 0.214 e. The zero-order valence-corrected chi connectivity index (χ0v) is 13.0. The van der Waals surface area contributed by atoms with Gasteiger partial charge in [-0.1, -0.05) is 12.1 Å². The molecule has 1 aliphatic rings. The summed E-state index contributed by atoms with van der Waals surface area (Å²) in [6.07, 6.45) is 3.85. The predicted molar refractivity (Wildman–Crippen MR) is 86.6 cm³/mol. The number of ether oxygens (including phenoxy) is 1. The van der Waals surface area contributed by atoms with Crippen molar-refractivity contribution in [3.05, 3.63) is 36.5 Å². The molecule has 2 heterocycles. The van der Waals surface area contributed by atoms with E-state index in [1.165, 1.54) is 11.5 Å². The van der Waals surface area contributed by atoms with E-state index < -0.39 is 0 Å². The van der Waals surface area contributed by atoms with Crippen LogP contribution in [0.1, 0.15) is 18.5 Å². The van der Waals surface area contributed by atoms with Crippen LogP contribution in [-0.4, -0.2) is 47.1 Å². The lowest BCUT2D eigenvalue weighted by molar-refractivity contribution is 0.127. The van der Waals surface area contributed by atoms with Gasteiger partial charge in [0.25, 0.3) is 0 Å². The monoisotopic (exact) mass is 303 g/mol. The van der Waals surface area contributed by atoms with Crippen LogP contribution in [0.25, 0.3) is 0 Å². The Hall–Kier alpha value is -1.51. The lowest BCUT2D eigenvalue weighted by Crippen LogP contribution is -2.40. The van der Waals surface area contributed by atoms with Crippen LogP contribution in [0.2, 0.25) is 0 Å². The molecule has 1 atom stereocenters. The minimum absolute atomic E-state index is 0.0903. The van der Waals surface area contributed by atoms with Crippen molar-refractivity contribution in [1.82, 2.24) is 9.88 Å². The Bertz CT molecular complexity index is 495. The fourth-order valence-electron chi connectivity index (χ4n) is 2.28. The molecule has 0 amide bonds. The van der Waals surface area contributed by atoms with Crippen LogP contribution >= 0.6 is 11.8 Å². The summed E-state index contributed by atoms with van der Waals surface area (Å²) in [5, 5.41) is 8.91. The van der Waals surface area contributed by atoms with Gasteiger partial charge in [0.05, 0.1) is 0 Å². The first-order chi connectivity index (χ1) is 10.3. The number of aromatic nitrogens is 1. The third kappa shape index (κ3) is 5.41. The highest BCUT2D eigenvalue weighted by molar-refractivity contribution is 7.99. The van der Waals surface area contributed by atoms with E-state index >= 15 is 0 Å². The SMILES string of the molecule is C=CCC[C@H](CN1CCSCC1)Oc1cccc(C#N)n1. The summed E-state index contributed by atoms with van der Waals surface area (Å²) < 4.78 is 6.00. The summed E-state index contributed by atoms with van der Waals surface area (Å²) in [5.41, 5.74) is 0.393.